The van der Waals surface area contributed by atoms with E-state index in [1.54, 1.807) is 6.07 Å². The number of anilines is 2. The number of ether oxygens (including phenoxy) is 1. The number of amides is 2. The topological polar surface area (TPSA) is 102 Å². The minimum Gasteiger partial charge on any atom is -0.492 e. The van der Waals surface area contributed by atoms with E-state index in [1.807, 2.05) is 67.6 Å². The smallest absolute Gasteiger partial charge is 0.412 e. The maximum absolute atomic E-state index is 12.9. The van der Waals surface area contributed by atoms with Crippen molar-refractivity contribution >= 4 is 23.4 Å². The Kier molecular flexibility index (Phi) is 10.2. The van der Waals surface area contributed by atoms with Crippen molar-refractivity contribution in [2.24, 2.45) is 0 Å². The Labute approximate surface area is 236 Å². The van der Waals surface area contributed by atoms with Gasteiger partial charge >= 0.3 is 6.09 Å². The third-order valence-corrected chi connectivity index (χ3v) is 7.33. The Morgan fingerprint density at radius 2 is 1.70 bits per heavy atom. The number of piperidine rings is 1. The van der Waals surface area contributed by atoms with E-state index >= 15 is 0 Å². The highest BCUT2D eigenvalue weighted by Crippen LogP contribution is 2.35. The first-order chi connectivity index (χ1) is 19.4. The van der Waals surface area contributed by atoms with E-state index in [1.165, 1.54) is 4.90 Å². The summed E-state index contributed by atoms with van der Waals surface area (Å²) in [5.74, 6) is 0.418. The number of nitrogens with one attached hydrogen (secondary N) is 1. The van der Waals surface area contributed by atoms with Gasteiger partial charge in [0.2, 0.25) is 5.91 Å². The number of nitrogens with zero attached hydrogens (tertiary/aromatic N) is 2. The van der Waals surface area contributed by atoms with Crippen LogP contribution in [0.15, 0.2) is 66.7 Å². The van der Waals surface area contributed by atoms with Crippen LogP contribution in [0.1, 0.15) is 37.3 Å². The number of likely N-dealkylation sites (tertiary alicyclic amines) is 1. The lowest BCUT2D eigenvalue weighted by molar-refractivity contribution is -0.116. The molecule has 0 unspecified atom stereocenters. The van der Waals surface area contributed by atoms with Gasteiger partial charge in [-0.3, -0.25) is 9.69 Å². The van der Waals surface area contributed by atoms with Crippen LogP contribution in [0.25, 0.3) is 11.1 Å². The first-order valence-corrected chi connectivity index (χ1v) is 13.9. The van der Waals surface area contributed by atoms with Gasteiger partial charge in [0.05, 0.1) is 18.0 Å². The van der Waals surface area contributed by atoms with Crippen LogP contribution in [0, 0.1) is 0 Å². The molecule has 1 heterocycles. The molecule has 212 valence electrons. The van der Waals surface area contributed by atoms with Crippen molar-refractivity contribution < 1.29 is 24.5 Å². The number of aryl methyl sites for hydroxylation is 1. The predicted octanol–water partition coefficient (Wildman–Crippen LogP) is 5.44. The molecule has 2 amide bonds. The van der Waals surface area contributed by atoms with Crippen LogP contribution in [0.2, 0.25) is 0 Å². The molecule has 3 N–H and O–H groups in total. The number of hydrogen-bond donors (Lipinski definition) is 3. The zero-order valence-electron chi connectivity index (χ0n) is 23.3. The van der Waals surface area contributed by atoms with Crippen LogP contribution >= 0.6 is 0 Å². The molecule has 0 aromatic heterocycles. The van der Waals surface area contributed by atoms with Crippen LogP contribution in [-0.4, -0.2) is 66.5 Å². The van der Waals surface area contributed by atoms with Crippen LogP contribution in [0.3, 0.4) is 0 Å². The van der Waals surface area contributed by atoms with Gasteiger partial charge in [-0.2, -0.15) is 0 Å². The molecule has 0 saturated carbocycles. The number of aliphatic hydroxyl groups excluding tert-OH is 1. The summed E-state index contributed by atoms with van der Waals surface area (Å²) in [5, 5.41) is 22.5. The van der Waals surface area contributed by atoms with Crippen molar-refractivity contribution in [3.63, 3.8) is 0 Å². The number of aliphatic hydroxyl groups is 1. The molecular formula is C32H39N3O5. The molecule has 8 nitrogen and oxygen atoms in total. The molecule has 1 aliphatic rings. The summed E-state index contributed by atoms with van der Waals surface area (Å²) in [7, 11) is 2.06. The van der Waals surface area contributed by atoms with Crippen molar-refractivity contribution in [1.82, 2.24) is 4.90 Å². The summed E-state index contributed by atoms with van der Waals surface area (Å²) in [4.78, 5) is 29.3. The van der Waals surface area contributed by atoms with Gasteiger partial charge in [-0.1, -0.05) is 48.5 Å². The average Bonchev–Trinajstić information content (AvgIpc) is 2.95. The van der Waals surface area contributed by atoms with E-state index in [4.69, 9.17) is 4.74 Å². The molecular weight excluding hydrogens is 506 g/mol. The first-order valence-electron chi connectivity index (χ1n) is 13.9. The number of hydrogen-bond acceptors (Lipinski definition) is 5. The fourth-order valence-corrected chi connectivity index (χ4v) is 5.20. The SMILES string of the molecule is CCOc1cc(CCO)ccc1NC(=O)CCc1ccc(-c2ccccc2)c(N(C(=O)O)C2CCN(C)CC2)c1. The Morgan fingerprint density at radius 3 is 2.38 bits per heavy atom. The average molecular weight is 546 g/mol. The Balaban J connectivity index is 1.55. The first kappa shape index (κ1) is 29.1. The van der Waals surface area contributed by atoms with Gasteiger partial charge in [-0.15, -0.1) is 0 Å². The molecule has 4 rings (SSSR count). The molecule has 8 heteroatoms. The second-order valence-corrected chi connectivity index (χ2v) is 10.2. The third kappa shape index (κ3) is 7.40. The Hall–Kier alpha value is -3.88. The minimum atomic E-state index is -0.963. The fraction of sp³-hybridized carbons (Fsp3) is 0.375. The van der Waals surface area contributed by atoms with Gasteiger partial charge in [0, 0.05) is 24.6 Å². The van der Waals surface area contributed by atoms with Gasteiger partial charge in [0.1, 0.15) is 5.75 Å². The van der Waals surface area contributed by atoms with Gasteiger partial charge < -0.3 is 25.2 Å². The van der Waals surface area contributed by atoms with Gasteiger partial charge in [0.15, 0.2) is 0 Å². The second-order valence-electron chi connectivity index (χ2n) is 10.2. The van der Waals surface area contributed by atoms with E-state index in [-0.39, 0.29) is 25.0 Å². The highest BCUT2D eigenvalue weighted by molar-refractivity contribution is 5.94. The lowest BCUT2D eigenvalue weighted by atomic mass is 9.96. The molecule has 0 bridgehead atoms. The molecule has 40 heavy (non-hydrogen) atoms. The summed E-state index contributed by atoms with van der Waals surface area (Å²) in [5.41, 5.74) is 4.89. The highest BCUT2D eigenvalue weighted by Gasteiger charge is 2.30. The van der Waals surface area contributed by atoms with Crippen LogP contribution in [-0.2, 0) is 17.6 Å². The quantitative estimate of drug-likeness (QED) is 0.297. The monoisotopic (exact) mass is 545 g/mol. The van der Waals surface area contributed by atoms with Crippen molar-refractivity contribution in [3.8, 4) is 16.9 Å². The third-order valence-electron chi connectivity index (χ3n) is 7.33. The van der Waals surface area contributed by atoms with E-state index in [0.29, 0.717) is 36.6 Å². The van der Waals surface area contributed by atoms with Gasteiger partial charge in [-0.05, 0) is 87.6 Å². The standard InChI is InChI=1S/C32H39N3O5/c1-3-40-30-22-24(17-20-36)10-13-28(30)33-31(37)14-11-23-9-12-27(25-7-5-4-6-8-25)29(21-23)35(32(38)39)26-15-18-34(2)19-16-26/h4-10,12-13,21-22,26,36H,3,11,14-20H2,1-2H3,(H,33,37)(H,38,39). The molecule has 0 aliphatic carbocycles. The van der Waals surface area contributed by atoms with Crippen LogP contribution < -0.4 is 15.0 Å². The Morgan fingerprint density at radius 1 is 1.00 bits per heavy atom. The molecule has 0 radical (unpaired) electrons. The number of benzene rings is 3. The predicted molar refractivity (Wildman–Crippen MR) is 158 cm³/mol. The summed E-state index contributed by atoms with van der Waals surface area (Å²) >= 11 is 0. The number of carbonyl (C=O) groups is 2. The molecule has 1 saturated heterocycles. The molecule has 1 aliphatic heterocycles. The summed E-state index contributed by atoms with van der Waals surface area (Å²) in [6, 6.07) is 21.1. The lowest BCUT2D eigenvalue weighted by Crippen LogP contribution is -2.46. The number of carboxylic acid groups (broad SMARTS) is 1. The van der Waals surface area contributed by atoms with Crippen molar-refractivity contribution in [3.05, 3.63) is 77.9 Å². The van der Waals surface area contributed by atoms with Crippen molar-refractivity contribution in [1.29, 1.82) is 0 Å². The van der Waals surface area contributed by atoms with Crippen LogP contribution in [0.4, 0.5) is 16.2 Å². The minimum absolute atomic E-state index is 0.0411. The largest absolute Gasteiger partial charge is 0.492 e. The van der Waals surface area contributed by atoms with Gasteiger partial charge in [-0.25, -0.2) is 4.79 Å². The zero-order chi connectivity index (χ0) is 28.5. The zero-order valence-corrected chi connectivity index (χ0v) is 23.3. The summed E-state index contributed by atoms with van der Waals surface area (Å²) in [6.45, 7) is 4.07. The number of rotatable bonds is 11. The van der Waals surface area contributed by atoms with Crippen molar-refractivity contribution in [2.45, 2.75) is 45.1 Å². The molecule has 3 aromatic carbocycles. The highest BCUT2D eigenvalue weighted by atomic mass is 16.5. The maximum atomic E-state index is 12.9. The van der Waals surface area contributed by atoms with E-state index in [9.17, 15) is 19.8 Å². The van der Waals surface area contributed by atoms with E-state index in [0.717, 1.165) is 48.2 Å². The lowest BCUT2D eigenvalue weighted by Gasteiger charge is -2.36. The molecule has 3 aromatic rings. The van der Waals surface area contributed by atoms with E-state index < -0.39 is 6.09 Å². The summed E-state index contributed by atoms with van der Waals surface area (Å²) < 4.78 is 5.71. The Bertz CT molecular complexity index is 1290. The molecule has 0 spiro atoms. The number of carbonyl (C=O) groups excluding carboxylic acids is 1. The maximum Gasteiger partial charge on any atom is 0.412 e. The van der Waals surface area contributed by atoms with E-state index in [2.05, 4.69) is 17.3 Å². The normalized spacial score (nSPS) is 14.1. The summed E-state index contributed by atoms with van der Waals surface area (Å²) in [6.07, 6.45) is 1.78. The molecule has 0 atom stereocenters. The fourth-order valence-electron chi connectivity index (χ4n) is 5.20. The van der Waals surface area contributed by atoms with Crippen LogP contribution in [0.5, 0.6) is 5.75 Å². The molecule has 1 fully saturated rings. The van der Waals surface area contributed by atoms with Gasteiger partial charge in [0.25, 0.3) is 0 Å². The second kappa shape index (κ2) is 14.0. The van der Waals surface area contributed by atoms with Crippen molar-refractivity contribution in [2.75, 3.05) is 43.6 Å².